The number of alkyl halides is 3. The van der Waals surface area contributed by atoms with Crippen LogP contribution in [0.4, 0.5) is 18.0 Å². The lowest BCUT2D eigenvalue weighted by molar-refractivity contribution is -0.138. The Kier molecular flexibility index (Phi) is 4.75. The average molecular weight is 300 g/mol. The molecule has 3 nitrogen and oxygen atoms in total. The average Bonchev–Trinajstić information content (AvgIpc) is 2.44. The van der Waals surface area contributed by atoms with Gasteiger partial charge in [-0.2, -0.15) is 13.2 Å². The van der Waals surface area contributed by atoms with Crippen molar-refractivity contribution in [1.82, 2.24) is 10.2 Å². The highest BCUT2D eigenvalue weighted by molar-refractivity contribution is 5.74. The summed E-state index contributed by atoms with van der Waals surface area (Å²) in [6, 6.07) is 5.02. The van der Waals surface area contributed by atoms with Gasteiger partial charge in [-0.05, 0) is 30.4 Å². The largest absolute Gasteiger partial charge is 0.416 e. The van der Waals surface area contributed by atoms with Crippen LogP contribution < -0.4 is 5.32 Å². The zero-order chi connectivity index (χ0) is 15.5. The molecule has 0 saturated carbocycles. The van der Waals surface area contributed by atoms with E-state index in [9.17, 15) is 18.0 Å². The van der Waals surface area contributed by atoms with Crippen molar-refractivity contribution in [2.45, 2.75) is 32.5 Å². The normalized spacial score (nSPS) is 19.4. The molecule has 1 fully saturated rings. The minimum atomic E-state index is -4.40. The Labute approximate surface area is 122 Å². The number of rotatable bonds is 2. The van der Waals surface area contributed by atoms with Gasteiger partial charge in [0.25, 0.3) is 0 Å². The molecule has 21 heavy (non-hydrogen) atoms. The van der Waals surface area contributed by atoms with Crippen LogP contribution in [0.25, 0.3) is 0 Å². The maximum atomic E-state index is 12.9. The number of halogens is 3. The molecule has 1 aliphatic heterocycles. The fraction of sp³-hybridized carbons (Fsp3) is 0.533. The Balaban J connectivity index is 1.98. The third-order valence-electron chi connectivity index (χ3n) is 3.70. The number of likely N-dealkylation sites (tertiary alicyclic amines) is 1. The van der Waals surface area contributed by atoms with E-state index < -0.39 is 11.7 Å². The van der Waals surface area contributed by atoms with Crippen LogP contribution >= 0.6 is 0 Å². The lowest BCUT2D eigenvalue weighted by atomic mass is 10.0. The van der Waals surface area contributed by atoms with E-state index in [0.717, 1.165) is 18.9 Å². The number of carbonyl (C=O) groups is 1. The fourth-order valence-corrected chi connectivity index (χ4v) is 2.61. The van der Waals surface area contributed by atoms with Crippen molar-refractivity contribution in [1.29, 1.82) is 0 Å². The predicted molar refractivity (Wildman–Crippen MR) is 73.7 cm³/mol. The topological polar surface area (TPSA) is 32.3 Å². The molecule has 1 atom stereocenters. The molecule has 0 aromatic heterocycles. The van der Waals surface area contributed by atoms with Gasteiger partial charge in [-0.15, -0.1) is 0 Å². The van der Waals surface area contributed by atoms with Crippen molar-refractivity contribution in [2.75, 3.05) is 13.1 Å². The highest BCUT2D eigenvalue weighted by atomic mass is 19.4. The number of urea groups is 1. The summed E-state index contributed by atoms with van der Waals surface area (Å²) >= 11 is 0. The lowest BCUT2D eigenvalue weighted by Gasteiger charge is -2.31. The Hall–Kier alpha value is -1.72. The standard InChI is InChI=1S/C15H19F3N2O/c1-11-5-4-8-20(10-11)14(21)19-9-12-6-2-3-7-13(12)15(16,17)18/h2-3,6-7,11H,4-5,8-10H2,1H3,(H,19,21). The van der Waals surface area contributed by atoms with Gasteiger partial charge in [0.15, 0.2) is 0 Å². The van der Waals surface area contributed by atoms with Gasteiger partial charge < -0.3 is 10.2 Å². The molecule has 116 valence electrons. The number of nitrogens with zero attached hydrogens (tertiary/aromatic N) is 1. The lowest BCUT2D eigenvalue weighted by Crippen LogP contribution is -2.44. The smallest absolute Gasteiger partial charge is 0.334 e. The minimum Gasteiger partial charge on any atom is -0.334 e. The summed E-state index contributed by atoms with van der Waals surface area (Å²) in [6.45, 7) is 3.28. The van der Waals surface area contributed by atoms with Crippen LogP contribution in [0.3, 0.4) is 0 Å². The van der Waals surface area contributed by atoms with E-state index in [-0.39, 0.29) is 18.1 Å². The van der Waals surface area contributed by atoms with Crippen molar-refractivity contribution < 1.29 is 18.0 Å². The number of hydrogen-bond donors (Lipinski definition) is 1. The highest BCUT2D eigenvalue weighted by Crippen LogP contribution is 2.31. The molecular weight excluding hydrogens is 281 g/mol. The quantitative estimate of drug-likeness (QED) is 0.888. The Bertz CT molecular complexity index is 502. The van der Waals surface area contributed by atoms with Crippen molar-refractivity contribution >= 4 is 6.03 Å². The van der Waals surface area contributed by atoms with Gasteiger partial charge in [0.2, 0.25) is 0 Å². The maximum Gasteiger partial charge on any atom is 0.416 e. The Morgan fingerprint density at radius 2 is 2.10 bits per heavy atom. The molecule has 2 amide bonds. The third-order valence-corrected chi connectivity index (χ3v) is 3.70. The van der Waals surface area contributed by atoms with Crippen LogP contribution in [0, 0.1) is 5.92 Å². The van der Waals surface area contributed by atoms with E-state index in [2.05, 4.69) is 12.2 Å². The molecule has 0 bridgehead atoms. The summed E-state index contributed by atoms with van der Waals surface area (Å²) in [5.74, 6) is 0.437. The minimum absolute atomic E-state index is 0.0865. The third kappa shape index (κ3) is 4.12. The first-order valence-electron chi connectivity index (χ1n) is 7.06. The van der Waals surface area contributed by atoms with Gasteiger partial charge in [-0.3, -0.25) is 0 Å². The van der Waals surface area contributed by atoms with Gasteiger partial charge in [0, 0.05) is 19.6 Å². The zero-order valence-corrected chi connectivity index (χ0v) is 11.9. The second-order valence-corrected chi connectivity index (χ2v) is 5.51. The van der Waals surface area contributed by atoms with Crippen molar-refractivity contribution in [3.8, 4) is 0 Å². The van der Waals surface area contributed by atoms with Crippen molar-refractivity contribution in [2.24, 2.45) is 5.92 Å². The molecule has 1 aliphatic rings. The summed E-state index contributed by atoms with van der Waals surface area (Å²) in [5, 5.41) is 2.59. The highest BCUT2D eigenvalue weighted by Gasteiger charge is 2.33. The molecule has 6 heteroatoms. The van der Waals surface area contributed by atoms with Gasteiger partial charge in [-0.25, -0.2) is 4.79 Å². The van der Waals surface area contributed by atoms with Crippen LogP contribution in [0.5, 0.6) is 0 Å². The van der Waals surface area contributed by atoms with Crippen LogP contribution in [0.15, 0.2) is 24.3 Å². The van der Waals surface area contributed by atoms with E-state index in [1.165, 1.54) is 12.1 Å². The Morgan fingerprint density at radius 3 is 2.76 bits per heavy atom. The molecule has 0 spiro atoms. The van der Waals surface area contributed by atoms with Crippen LogP contribution in [0.2, 0.25) is 0 Å². The number of amides is 2. The van der Waals surface area contributed by atoms with Crippen molar-refractivity contribution in [3.05, 3.63) is 35.4 Å². The van der Waals surface area contributed by atoms with Gasteiger partial charge >= 0.3 is 12.2 Å². The Morgan fingerprint density at radius 1 is 1.38 bits per heavy atom. The first kappa shape index (κ1) is 15.7. The summed E-state index contributed by atoms with van der Waals surface area (Å²) in [7, 11) is 0. The second-order valence-electron chi connectivity index (χ2n) is 5.51. The van der Waals surface area contributed by atoms with Gasteiger partial charge in [0.1, 0.15) is 0 Å². The predicted octanol–water partition coefficient (Wildman–Crippen LogP) is 3.65. The van der Waals surface area contributed by atoms with Crippen LogP contribution in [-0.2, 0) is 12.7 Å². The summed E-state index contributed by atoms with van der Waals surface area (Å²) < 4.78 is 38.6. The monoisotopic (exact) mass is 300 g/mol. The van der Waals surface area contributed by atoms with E-state index >= 15 is 0 Å². The summed E-state index contributed by atoms with van der Waals surface area (Å²) in [5.41, 5.74) is -0.610. The molecule has 1 N–H and O–H groups in total. The van der Waals surface area contributed by atoms with E-state index in [1.807, 2.05) is 0 Å². The molecular formula is C15H19F3N2O. The van der Waals surface area contributed by atoms with Gasteiger partial charge in [0.05, 0.1) is 5.56 Å². The number of benzene rings is 1. The van der Waals surface area contributed by atoms with E-state index in [1.54, 1.807) is 11.0 Å². The zero-order valence-electron chi connectivity index (χ0n) is 11.9. The molecule has 1 aromatic carbocycles. The summed E-state index contributed by atoms with van der Waals surface area (Å²) in [4.78, 5) is 13.7. The maximum absolute atomic E-state index is 12.9. The van der Waals surface area contributed by atoms with Gasteiger partial charge in [-0.1, -0.05) is 25.1 Å². The molecule has 1 aromatic rings. The number of piperidine rings is 1. The number of hydrogen-bond acceptors (Lipinski definition) is 1. The van der Waals surface area contributed by atoms with Crippen molar-refractivity contribution in [3.63, 3.8) is 0 Å². The molecule has 0 aliphatic carbocycles. The molecule has 1 heterocycles. The van der Waals surface area contributed by atoms with E-state index in [4.69, 9.17) is 0 Å². The van der Waals surface area contributed by atoms with Crippen LogP contribution in [-0.4, -0.2) is 24.0 Å². The van der Waals surface area contributed by atoms with E-state index in [0.29, 0.717) is 19.0 Å². The molecule has 1 saturated heterocycles. The summed E-state index contributed by atoms with van der Waals surface area (Å²) in [6.07, 6.45) is -2.38. The SMILES string of the molecule is CC1CCCN(C(=O)NCc2ccccc2C(F)(F)F)C1. The molecule has 1 unspecified atom stereocenters. The second kappa shape index (κ2) is 6.37. The molecule has 2 rings (SSSR count). The van der Waals surface area contributed by atoms with Crippen LogP contribution in [0.1, 0.15) is 30.9 Å². The first-order valence-corrected chi connectivity index (χ1v) is 7.06. The first-order chi connectivity index (χ1) is 9.88. The fourth-order valence-electron chi connectivity index (χ4n) is 2.61. The number of nitrogens with one attached hydrogen (secondary N) is 1. The number of carbonyl (C=O) groups excluding carboxylic acids is 1. The molecule has 0 radical (unpaired) electrons.